The lowest BCUT2D eigenvalue weighted by molar-refractivity contribution is 0.165. The van der Waals surface area contributed by atoms with E-state index in [2.05, 4.69) is 31.7 Å². The first-order chi connectivity index (χ1) is 17.5. The van der Waals surface area contributed by atoms with Crippen molar-refractivity contribution in [3.63, 3.8) is 0 Å². The normalized spacial score (nSPS) is 16.6. The minimum atomic E-state index is -0.0382. The first kappa shape index (κ1) is 24.6. The van der Waals surface area contributed by atoms with Crippen LogP contribution in [0.3, 0.4) is 0 Å². The molecule has 9 heteroatoms. The Labute approximate surface area is 224 Å². The second-order valence-electron chi connectivity index (χ2n) is 9.15. The molecular formula is C27H28BrClN6O. The summed E-state index contributed by atoms with van der Waals surface area (Å²) >= 11 is 10.0. The number of amides is 2. The van der Waals surface area contributed by atoms with Crippen LogP contribution in [-0.4, -0.2) is 45.2 Å². The van der Waals surface area contributed by atoms with Gasteiger partial charge in [-0.3, -0.25) is 0 Å². The minimum absolute atomic E-state index is 0.0145. The summed E-state index contributed by atoms with van der Waals surface area (Å²) in [7, 11) is 0. The SMILES string of the molecule is C[C@H](NC(=O)N1CCCC(CNc2cc(-c3ccccc3Cl)nc3c(Br)cnn23)C1)c1ccccc1. The molecule has 5 rings (SSSR count). The number of anilines is 1. The molecule has 3 heterocycles. The number of rotatable bonds is 6. The van der Waals surface area contributed by atoms with Gasteiger partial charge in [0.25, 0.3) is 0 Å². The number of hydrogen-bond acceptors (Lipinski definition) is 4. The number of nitrogens with zero attached hydrogens (tertiary/aromatic N) is 4. The van der Waals surface area contributed by atoms with Crippen LogP contribution in [0, 0.1) is 5.92 Å². The van der Waals surface area contributed by atoms with E-state index in [1.54, 1.807) is 10.7 Å². The van der Waals surface area contributed by atoms with Gasteiger partial charge in [-0.1, -0.05) is 60.1 Å². The van der Waals surface area contributed by atoms with Gasteiger partial charge in [0.15, 0.2) is 5.65 Å². The van der Waals surface area contributed by atoms with Crippen LogP contribution < -0.4 is 10.6 Å². The molecule has 7 nitrogen and oxygen atoms in total. The van der Waals surface area contributed by atoms with Crippen molar-refractivity contribution in [1.29, 1.82) is 0 Å². The molecule has 0 radical (unpaired) electrons. The standard InChI is InChI=1S/C27H28BrClN6O/c1-18(20-9-3-2-4-10-20)32-27(36)34-13-7-8-19(17-34)15-30-25-14-24(21-11-5-6-12-23(21)29)33-26-22(28)16-31-35(25)26/h2-6,9-12,14,16,18-19,30H,7-8,13,15,17H2,1H3,(H,32,36)/t18-,19?/m0/s1. The first-order valence-corrected chi connectivity index (χ1v) is 13.3. The molecule has 2 N–H and O–H groups in total. The maximum absolute atomic E-state index is 13.0. The zero-order valence-electron chi connectivity index (χ0n) is 20.0. The van der Waals surface area contributed by atoms with Crippen molar-refractivity contribution < 1.29 is 4.79 Å². The minimum Gasteiger partial charge on any atom is -0.370 e. The van der Waals surface area contributed by atoms with Crippen LogP contribution in [-0.2, 0) is 0 Å². The number of urea groups is 1. The van der Waals surface area contributed by atoms with E-state index in [-0.39, 0.29) is 12.1 Å². The fraction of sp³-hybridized carbons (Fsp3) is 0.296. The highest BCUT2D eigenvalue weighted by atomic mass is 79.9. The molecule has 1 aliphatic rings. The molecule has 36 heavy (non-hydrogen) atoms. The summed E-state index contributed by atoms with van der Waals surface area (Å²) in [6.45, 7) is 4.21. The summed E-state index contributed by atoms with van der Waals surface area (Å²) in [5, 5.41) is 11.8. The van der Waals surface area contributed by atoms with Gasteiger partial charge < -0.3 is 15.5 Å². The summed E-state index contributed by atoms with van der Waals surface area (Å²) in [6, 6.07) is 19.6. The van der Waals surface area contributed by atoms with Crippen molar-refractivity contribution in [2.75, 3.05) is 25.0 Å². The molecule has 2 aromatic heterocycles. The van der Waals surface area contributed by atoms with Gasteiger partial charge >= 0.3 is 6.03 Å². The molecule has 1 aliphatic heterocycles. The summed E-state index contributed by atoms with van der Waals surface area (Å²) in [5.41, 5.74) is 3.46. The Hall–Kier alpha value is -3.10. The van der Waals surface area contributed by atoms with Crippen molar-refractivity contribution >= 4 is 45.0 Å². The average Bonchev–Trinajstić information content (AvgIpc) is 3.28. The predicted octanol–water partition coefficient (Wildman–Crippen LogP) is 6.41. The third-order valence-corrected chi connectivity index (χ3v) is 7.49. The van der Waals surface area contributed by atoms with E-state index >= 15 is 0 Å². The van der Waals surface area contributed by atoms with E-state index in [0.29, 0.717) is 17.5 Å². The van der Waals surface area contributed by atoms with E-state index in [1.807, 2.05) is 72.5 Å². The quantitative estimate of drug-likeness (QED) is 0.282. The van der Waals surface area contributed by atoms with Crippen molar-refractivity contribution in [2.24, 2.45) is 5.92 Å². The van der Waals surface area contributed by atoms with Gasteiger partial charge in [-0.05, 0) is 53.2 Å². The van der Waals surface area contributed by atoms with Crippen LogP contribution >= 0.6 is 27.5 Å². The monoisotopic (exact) mass is 566 g/mol. The number of carbonyl (C=O) groups excluding carboxylic acids is 1. The van der Waals surface area contributed by atoms with Crippen molar-refractivity contribution in [1.82, 2.24) is 24.8 Å². The van der Waals surface area contributed by atoms with Gasteiger partial charge in [0, 0.05) is 36.3 Å². The Morgan fingerprint density at radius 3 is 2.78 bits per heavy atom. The van der Waals surface area contributed by atoms with Crippen molar-refractivity contribution in [3.05, 3.63) is 81.9 Å². The zero-order chi connectivity index (χ0) is 25.1. The van der Waals surface area contributed by atoms with Crippen LogP contribution in [0.25, 0.3) is 16.9 Å². The fourth-order valence-electron chi connectivity index (χ4n) is 4.64. The smallest absolute Gasteiger partial charge is 0.317 e. The molecule has 2 atom stereocenters. The lowest BCUT2D eigenvalue weighted by Crippen LogP contribution is -2.47. The van der Waals surface area contributed by atoms with Crippen molar-refractivity contribution in [2.45, 2.75) is 25.8 Å². The number of halogens is 2. The van der Waals surface area contributed by atoms with Gasteiger partial charge in [-0.15, -0.1) is 0 Å². The second kappa shape index (κ2) is 10.9. The second-order valence-corrected chi connectivity index (χ2v) is 10.4. The highest BCUT2D eigenvalue weighted by molar-refractivity contribution is 9.10. The molecule has 4 aromatic rings. The largest absolute Gasteiger partial charge is 0.370 e. The van der Waals surface area contributed by atoms with E-state index in [0.717, 1.165) is 58.7 Å². The van der Waals surface area contributed by atoms with Crippen molar-refractivity contribution in [3.8, 4) is 11.3 Å². The molecule has 0 saturated carbocycles. The Morgan fingerprint density at radius 2 is 1.97 bits per heavy atom. The van der Waals surface area contributed by atoms with E-state index in [1.165, 1.54) is 0 Å². The van der Waals surface area contributed by atoms with Gasteiger partial charge in [-0.25, -0.2) is 9.78 Å². The predicted molar refractivity (Wildman–Crippen MR) is 147 cm³/mol. The maximum atomic E-state index is 13.0. The molecule has 2 aromatic carbocycles. The third kappa shape index (κ3) is 5.34. The number of benzene rings is 2. The Bertz CT molecular complexity index is 1360. The number of fused-ring (bicyclic) bond motifs is 1. The highest BCUT2D eigenvalue weighted by Crippen LogP contribution is 2.30. The third-order valence-electron chi connectivity index (χ3n) is 6.60. The lowest BCUT2D eigenvalue weighted by atomic mass is 9.98. The van der Waals surface area contributed by atoms with E-state index in [9.17, 15) is 4.79 Å². The van der Waals surface area contributed by atoms with Crippen LogP contribution in [0.15, 0.2) is 71.3 Å². The lowest BCUT2D eigenvalue weighted by Gasteiger charge is -2.34. The molecule has 0 bridgehead atoms. The Morgan fingerprint density at radius 1 is 1.19 bits per heavy atom. The summed E-state index contributed by atoms with van der Waals surface area (Å²) in [6.07, 6.45) is 3.77. The van der Waals surface area contributed by atoms with Crippen LogP contribution in [0.1, 0.15) is 31.4 Å². The van der Waals surface area contributed by atoms with Crippen LogP contribution in [0.5, 0.6) is 0 Å². The number of likely N-dealkylation sites (tertiary alicyclic amines) is 1. The number of aromatic nitrogens is 3. The highest BCUT2D eigenvalue weighted by Gasteiger charge is 2.25. The average molecular weight is 568 g/mol. The topological polar surface area (TPSA) is 74.6 Å². The Kier molecular flexibility index (Phi) is 7.43. The van der Waals surface area contributed by atoms with Gasteiger partial charge in [0.2, 0.25) is 0 Å². The summed E-state index contributed by atoms with van der Waals surface area (Å²) in [5.74, 6) is 1.16. The molecule has 1 saturated heterocycles. The summed E-state index contributed by atoms with van der Waals surface area (Å²) in [4.78, 5) is 19.7. The first-order valence-electron chi connectivity index (χ1n) is 12.1. The molecule has 1 fully saturated rings. The molecule has 1 unspecified atom stereocenters. The van der Waals surface area contributed by atoms with Crippen LogP contribution in [0.2, 0.25) is 5.02 Å². The summed E-state index contributed by atoms with van der Waals surface area (Å²) < 4.78 is 2.60. The molecule has 0 spiro atoms. The molecule has 186 valence electrons. The van der Waals surface area contributed by atoms with Gasteiger partial charge in [0.1, 0.15) is 5.82 Å². The van der Waals surface area contributed by atoms with Gasteiger partial charge in [-0.2, -0.15) is 9.61 Å². The molecule has 2 amide bonds. The fourth-order valence-corrected chi connectivity index (χ4v) is 5.22. The zero-order valence-corrected chi connectivity index (χ0v) is 22.3. The van der Waals surface area contributed by atoms with Crippen LogP contribution in [0.4, 0.5) is 10.6 Å². The Balaban J connectivity index is 1.28. The van der Waals surface area contributed by atoms with Gasteiger partial charge in [0.05, 0.1) is 22.4 Å². The number of hydrogen-bond donors (Lipinski definition) is 2. The van der Waals surface area contributed by atoms with E-state index in [4.69, 9.17) is 16.6 Å². The maximum Gasteiger partial charge on any atom is 0.317 e. The molecular weight excluding hydrogens is 540 g/mol. The number of piperidine rings is 1. The molecule has 0 aliphatic carbocycles. The van der Waals surface area contributed by atoms with E-state index < -0.39 is 0 Å². The number of nitrogens with one attached hydrogen (secondary N) is 2. The number of carbonyl (C=O) groups is 1.